The summed E-state index contributed by atoms with van der Waals surface area (Å²) in [7, 11) is 4.05. The smallest absolute Gasteiger partial charge is 0.129 e. The lowest BCUT2D eigenvalue weighted by atomic mass is 9.73. The fourth-order valence-electron chi connectivity index (χ4n) is 4.94. The molecule has 0 bridgehead atoms. The SMILES string of the molecule is CN1CC2(C1)CN(c1ccc3nc(-c4cc5cn(C)nc5cc4O)ccc3n1)C2. The van der Waals surface area contributed by atoms with E-state index in [0.29, 0.717) is 11.0 Å². The van der Waals surface area contributed by atoms with E-state index in [1.54, 1.807) is 10.7 Å². The lowest BCUT2D eigenvalue weighted by molar-refractivity contribution is -0.00276. The highest BCUT2D eigenvalue weighted by Gasteiger charge is 2.50. The van der Waals surface area contributed by atoms with Gasteiger partial charge in [-0.1, -0.05) is 0 Å². The van der Waals surface area contributed by atoms with Crippen LogP contribution in [0, 0.1) is 5.41 Å². The van der Waals surface area contributed by atoms with Gasteiger partial charge in [0.2, 0.25) is 0 Å². The first kappa shape index (κ1) is 16.7. The summed E-state index contributed by atoms with van der Waals surface area (Å²) >= 11 is 0. The number of aromatic nitrogens is 4. The van der Waals surface area contributed by atoms with Gasteiger partial charge in [0.15, 0.2) is 0 Å². The summed E-state index contributed by atoms with van der Waals surface area (Å²) in [6, 6.07) is 11.6. The maximum absolute atomic E-state index is 10.5. The Kier molecular flexibility index (Phi) is 3.27. The molecule has 0 aliphatic carbocycles. The molecule has 2 saturated heterocycles. The van der Waals surface area contributed by atoms with Crippen LogP contribution in [0.25, 0.3) is 33.2 Å². The van der Waals surface area contributed by atoms with Gasteiger partial charge < -0.3 is 14.9 Å². The number of phenolic OH excluding ortho intramolecular Hbond substituents is 1. The van der Waals surface area contributed by atoms with Gasteiger partial charge >= 0.3 is 0 Å². The molecule has 3 aromatic heterocycles. The topological polar surface area (TPSA) is 70.3 Å². The Labute approximate surface area is 168 Å². The zero-order valence-electron chi connectivity index (χ0n) is 16.5. The minimum atomic E-state index is 0.184. The van der Waals surface area contributed by atoms with Crippen LogP contribution in [0.5, 0.6) is 5.75 Å². The molecule has 5 heterocycles. The summed E-state index contributed by atoms with van der Waals surface area (Å²) in [4.78, 5) is 14.3. The first-order valence-corrected chi connectivity index (χ1v) is 9.86. The number of rotatable bonds is 2. The Bertz CT molecular complexity index is 1270. The van der Waals surface area contributed by atoms with E-state index < -0.39 is 0 Å². The van der Waals surface area contributed by atoms with Crippen molar-refractivity contribution < 1.29 is 5.11 Å². The summed E-state index contributed by atoms with van der Waals surface area (Å²) in [5.74, 6) is 1.20. The van der Waals surface area contributed by atoms with Crippen LogP contribution in [0.1, 0.15) is 0 Å². The molecule has 6 rings (SSSR count). The molecule has 7 heteroatoms. The van der Waals surface area contributed by atoms with Crippen LogP contribution in [0.15, 0.2) is 42.6 Å². The molecular formula is C22H22N6O. The van der Waals surface area contributed by atoms with Gasteiger partial charge in [0, 0.05) is 61.9 Å². The van der Waals surface area contributed by atoms with Crippen LogP contribution < -0.4 is 4.90 Å². The maximum Gasteiger partial charge on any atom is 0.129 e. The van der Waals surface area contributed by atoms with Gasteiger partial charge in [-0.2, -0.15) is 5.10 Å². The summed E-state index contributed by atoms with van der Waals surface area (Å²) in [6.45, 7) is 4.54. The fourth-order valence-corrected chi connectivity index (χ4v) is 4.94. The van der Waals surface area contributed by atoms with E-state index in [0.717, 1.165) is 46.5 Å². The average Bonchev–Trinajstić information content (AvgIpc) is 3.01. The van der Waals surface area contributed by atoms with Crippen LogP contribution in [0.3, 0.4) is 0 Å². The van der Waals surface area contributed by atoms with Crippen molar-refractivity contribution in [3.63, 3.8) is 0 Å². The third-order valence-electron chi connectivity index (χ3n) is 6.13. The van der Waals surface area contributed by atoms with Crippen molar-refractivity contribution in [3.05, 3.63) is 42.6 Å². The van der Waals surface area contributed by atoms with Gasteiger partial charge in [-0.3, -0.25) is 4.68 Å². The van der Waals surface area contributed by atoms with Crippen molar-refractivity contribution >= 4 is 27.8 Å². The van der Waals surface area contributed by atoms with Crippen molar-refractivity contribution in [2.24, 2.45) is 12.5 Å². The van der Waals surface area contributed by atoms with Crippen LogP contribution in [-0.2, 0) is 7.05 Å². The van der Waals surface area contributed by atoms with Crippen LogP contribution in [0.4, 0.5) is 5.82 Å². The number of fused-ring (bicyclic) bond motifs is 2. The molecule has 0 amide bonds. The quantitative estimate of drug-likeness (QED) is 0.571. The van der Waals surface area contributed by atoms with E-state index in [9.17, 15) is 5.11 Å². The number of hydrogen-bond donors (Lipinski definition) is 1. The highest BCUT2D eigenvalue weighted by atomic mass is 16.3. The third-order valence-corrected chi connectivity index (χ3v) is 6.13. The van der Waals surface area contributed by atoms with Crippen molar-refractivity contribution in [2.45, 2.75) is 0 Å². The summed E-state index contributed by atoms with van der Waals surface area (Å²) in [6.07, 6.45) is 1.94. The van der Waals surface area contributed by atoms with Crippen LogP contribution >= 0.6 is 0 Å². The highest BCUT2D eigenvalue weighted by molar-refractivity contribution is 5.88. The van der Waals surface area contributed by atoms with E-state index >= 15 is 0 Å². The number of anilines is 1. The fraction of sp³-hybridized carbons (Fsp3) is 0.318. The van der Waals surface area contributed by atoms with E-state index in [1.165, 1.54) is 13.1 Å². The number of aryl methyl sites for hydroxylation is 1. The Morgan fingerprint density at radius 3 is 2.45 bits per heavy atom. The summed E-state index contributed by atoms with van der Waals surface area (Å²) in [5, 5.41) is 15.8. The number of likely N-dealkylation sites (tertiary alicyclic amines) is 1. The van der Waals surface area contributed by atoms with E-state index in [4.69, 9.17) is 9.97 Å². The standard InChI is InChI=1S/C22H22N6O/c1-26-10-22(11-26)12-28(13-22)21-6-5-17-18(24-21)4-3-16(23-17)15-7-14-9-27(2)25-19(14)8-20(15)29/h3-9,29H,10-13H2,1-2H3. The molecule has 0 saturated carbocycles. The molecule has 0 radical (unpaired) electrons. The number of phenols is 1. The van der Waals surface area contributed by atoms with Crippen LogP contribution in [0.2, 0.25) is 0 Å². The minimum Gasteiger partial charge on any atom is -0.507 e. The summed E-state index contributed by atoms with van der Waals surface area (Å²) < 4.78 is 1.74. The second kappa shape index (κ2) is 5.67. The number of nitrogens with zero attached hydrogens (tertiary/aromatic N) is 6. The predicted octanol–water partition coefficient (Wildman–Crippen LogP) is 2.64. The van der Waals surface area contributed by atoms with Crippen molar-refractivity contribution in [1.82, 2.24) is 24.6 Å². The first-order chi connectivity index (χ1) is 14.0. The molecule has 2 aliphatic heterocycles. The molecule has 1 aromatic carbocycles. The molecule has 1 N–H and O–H groups in total. The van der Waals surface area contributed by atoms with Crippen LogP contribution in [-0.4, -0.2) is 63.0 Å². The molecule has 7 nitrogen and oxygen atoms in total. The molecule has 29 heavy (non-hydrogen) atoms. The molecule has 0 unspecified atom stereocenters. The number of aromatic hydroxyl groups is 1. The van der Waals surface area contributed by atoms with E-state index in [1.807, 2.05) is 37.5 Å². The molecule has 146 valence electrons. The molecule has 0 atom stereocenters. The first-order valence-electron chi connectivity index (χ1n) is 9.86. The van der Waals surface area contributed by atoms with Gasteiger partial charge in [-0.05, 0) is 37.4 Å². The number of hydrogen-bond acceptors (Lipinski definition) is 6. The van der Waals surface area contributed by atoms with Gasteiger partial charge in [0.05, 0.1) is 22.2 Å². The van der Waals surface area contributed by atoms with Gasteiger partial charge in [0.25, 0.3) is 0 Å². The van der Waals surface area contributed by atoms with Gasteiger partial charge in [-0.25, -0.2) is 9.97 Å². The second-order valence-corrected chi connectivity index (χ2v) is 8.66. The molecule has 4 aromatic rings. The maximum atomic E-state index is 10.5. The largest absolute Gasteiger partial charge is 0.507 e. The van der Waals surface area contributed by atoms with Crippen molar-refractivity contribution in [3.8, 4) is 17.0 Å². The highest BCUT2D eigenvalue weighted by Crippen LogP contribution is 2.41. The molecule has 2 aliphatic rings. The lowest BCUT2D eigenvalue weighted by Crippen LogP contribution is -2.71. The average molecular weight is 386 g/mol. The minimum absolute atomic E-state index is 0.184. The van der Waals surface area contributed by atoms with Gasteiger partial charge in [-0.15, -0.1) is 0 Å². The number of pyridine rings is 2. The predicted molar refractivity (Wildman–Crippen MR) is 113 cm³/mol. The second-order valence-electron chi connectivity index (χ2n) is 8.66. The van der Waals surface area contributed by atoms with Gasteiger partial charge in [0.1, 0.15) is 11.6 Å². The van der Waals surface area contributed by atoms with Crippen molar-refractivity contribution in [1.29, 1.82) is 0 Å². The normalized spacial score (nSPS) is 18.3. The Morgan fingerprint density at radius 2 is 1.66 bits per heavy atom. The monoisotopic (exact) mass is 386 g/mol. The zero-order valence-corrected chi connectivity index (χ0v) is 16.5. The summed E-state index contributed by atoms with van der Waals surface area (Å²) in [5.41, 5.74) is 4.39. The molecule has 1 spiro atoms. The zero-order chi connectivity index (χ0) is 19.8. The Hall–Kier alpha value is -3.19. The molecule has 2 fully saturated rings. The Morgan fingerprint density at radius 1 is 0.897 bits per heavy atom. The van der Waals surface area contributed by atoms with E-state index in [2.05, 4.69) is 28.0 Å². The number of benzene rings is 1. The molecular weight excluding hydrogens is 364 g/mol. The van der Waals surface area contributed by atoms with E-state index in [-0.39, 0.29) is 5.75 Å². The Balaban J connectivity index is 1.32. The third kappa shape index (κ3) is 2.57. The lowest BCUT2D eigenvalue weighted by Gasteiger charge is -2.59. The van der Waals surface area contributed by atoms with Crippen molar-refractivity contribution in [2.75, 3.05) is 38.1 Å².